The van der Waals surface area contributed by atoms with Gasteiger partial charge in [0, 0.05) is 18.3 Å². The van der Waals surface area contributed by atoms with Gasteiger partial charge in [-0.3, -0.25) is 4.98 Å². The van der Waals surface area contributed by atoms with Crippen LogP contribution in [0.4, 0.5) is 5.82 Å². The standard InChI is InChI=1S/C17H20N6O/c1-11-7-12(2)23(20-11)17-10-18-9-16(19-17)22-6-4-5-15(22)14-8-13(3)24-21-14/h7-10,15H,4-6H2,1-3H3. The van der Waals surface area contributed by atoms with Gasteiger partial charge < -0.3 is 9.42 Å². The summed E-state index contributed by atoms with van der Waals surface area (Å²) in [4.78, 5) is 11.4. The zero-order chi connectivity index (χ0) is 16.7. The van der Waals surface area contributed by atoms with E-state index in [0.717, 1.165) is 53.9 Å². The maximum atomic E-state index is 5.25. The van der Waals surface area contributed by atoms with E-state index in [1.54, 1.807) is 12.4 Å². The molecule has 0 aliphatic carbocycles. The van der Waals surface area contributed by atoms with Crippen molar-refractivity contribution in [2.75, 3.05) is 11.4 Å². The van der Waals surface area contributed by atoms with E-state index >= 15 is 0 Å². The molecule has 4 heterocycles. The fourth-order valence-electron chi connectivity index (χ4n) is 3.34. The molecule has 0 amide bonds. The summed E-state index contributed by atoms with van der Waals surface area (Å²) in [7, 11) is 0. The molecule has 7 heteroatoms. The average molecular weight is 324 g/mol. The van der Waals surface area contributed by atoms with Crippen molar-refractivity contribution in [2.24, 2.45) is 0 Å². The van der Waals surface area contributed by atoms with Gasteiger partial charge in [0.1, 0.15) is 17.3 Å². The average Bonchev–Trinajstić information content (AvgIpc) is 3.27. The molecule has 0 saturated carbocycles. The van der Waals surface area contributed by atoms with Gasteiger partial charge in [-0.2, -0.15) is 5.10 Å². The predicted octanol–water partition coefficient (Wildman–Crippen LogP) is 2.92. The highest BCUT2D eigenvalue weighted by molar-refractivity contribution is 5.43. The van der Waals surface area contributed by atoms with E-state index in [4.69, 9.17) is 9.51 Å². The summed E-state index contributed by atoms with van der Waals surface area (Å²) in [6, 6.07) is 4.22. The lowest BCUT2D eigenvalue weighted by atomic mass is 10.1. The first kappa shape index (κ1) is 14.9. The molecule has 0 bridgehead atoms. The van der Waals surface area contributed by atoms with Gasteiger partial charge in [-0.1, -0.05) is 5.16 Å². The molecule has 1 saturated heterocycles. The van der Waals surface area contributed by atoms with Crippen molar-refractivity contribution in [2.45, 2.75) is 39.7 Å². The monoisotopic (exact) mass is 324 g/mol. The van der Waals surface area contributed by atoms with Crippen molar-refractivity contribution in [3.05, 3.63) is 47.4 Å². The van der Waals surface area contributed by atoms with Gasteiger partial charge in [0.15, 0.2) is 5.82 Å². The van der Waals surface area contributed by atoms with Crippen molar-refractivity contribution in [3.8, 4) is 5.82 Å². The molecular weight excluding hydrogens is 304 g/mol. The van der Waals surface area contributed by atoms with Gasteiger partial charge in [0.2, 0.25) is 0 Å². The number of nitrogens with zero attached hydrogens (tertiary/aromatic N) is 6. The topological polar surface area (TPSA) is 72.9 Å². The number of anilines is 1. The normalized spacial score (nSPS) is 17.6. The van der Waals surface area contributed by atoms with Crippen molar-refractivity contribution in [3.63, 3.8) is 0 Å². The second kappa shape index (κ2) is 5.74. The minimum atomic E-state index is 0.187. The zero-order valence-corrected chi connectivity index (χ0v) is 14.1. The predicted molar refractivity (Wildman–Crippen MR) is 89.2 cm³/mol. The van der Waals surface area contributed by atoms with Crippen LogP contribution in [0.5, 0.6) is 0 Å². The molecule has 0 N–H and O–H groups in total. The molecule has 7 nitrogen and oxygen atoms in total. The molecule has 1 aliphatic heterocycles. The van der Waals surface area contributed by atoms with Crippen LogP contribution in [0.25, 0.3) is 5.82 Å². The van der Waals surface area contributed by atoms with Crippen LogP contribution in [-0.4, -0.2) is 31.4 Å². The number of aryl methyl sites for hydroxylation is 3. The minimum absolute atomic E-state index is 0.187. The molecule has 124 valence electrons. The third-order valence-electron chi connectivity index (χ3n) is 4.37. The molecular formula is C17H20N6O. The quantitative estimate of drug-likeness (QED) is 0.737. The van der Waals surface area contributed by atoms with Crippen LogP contribution in [0.3, 0.4) is 0 Å². The van der Waals surface area contributed by atoms with Crippen LogP contribution >= 0.6 is 0 Å². The Balaban J connectivity index is 1.69. The molecule has 0 aromatic carbocycles. The van der Waals surface area contributed by atoms with E-state index in [0.29, 0.717) is 0 Å². The Kier molecular flexibility index (Phi) is 3.55. The Hall–Kier alpha value is -2.70. The Morgan fingerprint density at radius 3 is 2.67 bits per heavy atom. The van der Waals surface area contributed by atoms with Crippen LogP contribution < -0.4 is 4.90 Å². The smallest absolute Gasteiger partial charge is 0.174 e. The molecule has 0 spiro atoms. The number of rotatable bonds is 3. The molecule has 1 unspecified atom stereocenters. The first-order chi connectivity index (χ1) is 11.6. The SMILES string of the molecule is Cc1cc(C)n(-c2cncc(N3CCCC3c3cc(C)on3)n2)n1. The van der Waals surface area contributed by atoms with Crippen LogP contribution in [0.2, 0.25) is 0 Å². The molecule has 3 aromatic heterocycles. The van der Waals surface area contributed by atoms with Gasteiger partial charge in [-0.25, -0.2) is 9.67 Å². The Morgan fingerprint density at radius 2 is 1.96 bits per heavy atom. The van der Waals surface area contributed by atoms with E-state index in [-0.39, 0.29) is 6.04 Å². The van der Waals surface area contributed by atoms with E-state index < -0.39 is 0 Å². The van der Waals surface area contributed by atoms with Crippen molar-refractivity contribution in [1.29, 1.82) is 0 Å². The lowest BCUT2D eigenvalue weighted by molar-refractivity contribution is 0.385. The van der Waals surface area contributed by atoms with Crippen molar-refractivity contribution in [1.82, 2.24) is 24.9 Å². The van der Waals surface area contributed by atoms with Crippen molar-refractivity contribution < 1.29 is 4.52 Å². The molecule has 1 atom stereocenters. The minimum Gasteiger partial charge on any atom is -0.361 e. The molecule has 1 fully saturated rings. The van der Waals surface area contributed by atoms with E-state index in [1.807, 2.05) is 37.6 Å². The van der Waals surface area contributed by atoms with Gasteiger partial charge in [0.05, 0.1) is 24.1 Å². The molecule has 0 radical (unpaired) electrons. The first-order valence-corrected chi connectivity index (χ1v) is 8.17. The second-order valence-electron chi connectivity index (χ2n) is 6.29. The maximum absolute atomic E-state index is 5.25. The fourth-order valence-corrected chi connectivity index (χ4v) is 3.34. The van der Waals surface area contributed by atoms with Crippen LogP contribution in [-0.2, 0) is 0 Å². The van der Waals surface area contributed by atoms with Crippen LogP contribution in [0, 0.1) is 20.8 Å². The van der Waals surface area contributed by atoms with Crippen LogP contribution in [0.15, 0.2) is 29.0 Å². The van der Waals surface area contributed by atoms with Crippen molar-refractivity contribution >= 4 is 5.82 Å². The van der Waals surface area contributed by atoms with Gasteiger partial charge in [-0.05, 0) is 39.7 Å². The summed E-state index contributed by atoms with van der Waals surface area (Å²) in [5.41, 5.74) is 2.98. The van der Waals surface area contributed by atoms with Gasteiger partial charge >= 0.3 is 0 Å². The molecule has 24 heavy (non-hydrogen) atoms. The summed E-state index contributed by atoms with van der Waals surface area (Å²) in [6.45, 7) is 6.85. The third-order valence-corrected chi connectivity index (χ3v) is 4.37. The number of hydrogen-bond donors (Lipinski definition) is 0. The molecule has 3 aromatic rings. The Labute approximate surface area is 140 Å². The van der Waals surface area contributed by atoms with E-state index in [1.165, 1.54) is 0 Å². The van der Waals surface area contributed by atoms with Crippen LogP contribution in [0.1, 0.15) is 41.7 Å². The highest BCUT2D eigenvalue weighted by Crippen LogP contribution is 2.34. The highest BCUT2D eigenvalue weighted by Gasteiger charge is 2.30. The largest absolute Gasteiger partial charge is 0.361 e. The third kappa shape index (κ3) is 2.55. The van der Waals surface area contributed by atoms with Gasteiger partial charge in [-0.15, -0.1) is 0 Å². The number of aromatic nitrogens is 5. The summed E-state index contributed by atoms with van der Waals surface area (Å²) < 4.78 is 7.08. The molecule has 1 aliphatic rings. The lowest BCUT2D eigenvalue weighted by Gasteiger charge is -2.24. The Bertz CT molecular complexity index is 868. The Morgan fingerprint density at radius 1 is 1.12 bits per heavy atom. The summed E-state index contributed by atoms with van der Waals surface area (Å²) in [6.07, 6.45) is 5.69. The molecule has 4 rings (SSSR count). The lowest BCUT2D eigenvalue weighted by Crippen LogP contribution is -2.24. The van der Waals surface area contributed by atoms with E-state index in [2.05, 4.69) is 20.1 Å². The second-order valence-corrected chi connectivity index (χ2v) is 6.29. The fraction of sp³-hybridized carbons (Fsp3) is 0.412. The number of hydrogen-bond acceptors (Lipinski definition) is 6. The summed E-state index contributed by atoms with van der Waals surface area (Å²) >= 11 is 0. The first-order valence-electron chi connectivity index (χ1n) is 8.17. The summed E-state index contributed by atoms with van der Waals surface area (Å²) in [5.74, 6) is 2.42. The maximum Gasteiger partial charge on any atom is 0.174 e. The van der Waals surface area contributed by atoms with Gasteiger partial charge in [0.25, 0.3) is 0 Å². The highest BCUT2D eigenvalue weighted by atomic mass is 16.5. The zero-order valence-electron chi connectivity index (χ0n) is 14.1. The van der Waals surface area contributed by atoms with E-state index in [9.17, 15) is 0 Å². The summed E-state index contributed by atoms with van der Waals surface area (Å²) in [5, 5.41) is 8.69.